The summed E-state index contributed by atoms with van der Waals surface area (Å²) >= 11 is 9.74. The average Bonchev–Trinajstić information content (AvgIpc) is 2.86. The summed E-state index contributed by atoms with van der Waals surface area (Å²) in [7, 11) is 0. The normalized spacial score (nSPS) is 10.3. The first kappa shape index (κ1) is 13.9. The van der Waals surface area contributed by atoms with Crippen LogP contribution in [-0.4, -0.2) is 18.2 Å². The van der Waals surface area contributed by atoms with Crippen LogP contribution in [-0.2, 0) is 0 Å². The van der Waals surface area contributed by atoms with Crippen LogP contribution in [0, 0.1) is 3.57 Å². The smallest absolute Gasteiger partial charge is 0.273 e. The Labute approximate surface area is 128 Å². The van der Waals surface area contributed by atoms with Crippen molar-refractivity contribution in [3.8, 4) is 10.9 Å². The molecule has 1 heterocycles. The van der Waals surface area contributed by atoms with Crippen LogP contribution in [0.4, 0.5) is 0 Å². The van der Waals surface area contributed by atoms with Crippen molar-refractivity contribution in [3.05, 3.63) is 38.4 Å². The van der Waals surface area contributed by atoms with Crippen LogP contribution in [0.2, 0.25) is 5.02 Å². The molecule has 0 N–H and O–H groups in total. The van der Waals surface area contributed by atoms with E-state index in [9.17, 15) is 0 Å². The van der Waals surface area contributed by atoms with Crippen LogP contribution in [0.3, 0.4) is 0 Å². The summed E-state index contributed by atoms with van der Waals surface area (Å²) in [6.07, 6.45) is 2.52. The third-order valence-corrected chi connectivity index (χ3v) is 3.74. The summed E-state index contributed by atoms with van der Waals surface area (Å²) in [5.41, 5.74) is 0. The molecule has 0 saturated carbocycles. The minimum absolute atomic E-state index is 0.575. The molecule has 3 nitrogen and oxygen atoms in total. The van der Waals surface area contributed by atoms with E-state index in [2.05, 4.69) is 27.6 Å². The molecular weight excluding hydrogens is 385 g/mol. The molecule has 2 aromatic rings. The molecule has 0 saturated heterocycles. The van der Waals surface area contributed by atoms with Crippen molar-refractivity contribution in [2.45, 2.75) is 6.42 Å². The molecule has 0 amide bonds. The summed E-state index contributed by atoms with van der Waals surface area (Å²) in [6.45, 7) is 1.17. The second-order valence-corrected chi connectivity index (χ2v) is 5.93. The van der Waals surface area contributed by atoms with Crippen molar-refractivity contribution in [1.29, 1.82) is 0 Å². The molecule has 0 bridgehead atoms. The highest BCUT2D eigenvalue weighted by molar-refractivity contribution is 14.1. The summed E-state index contributed by atoms with van der Waals surface area (Å²) < 4.78 is 12.1. The second-order valence-electron chi connectivity index (χ2n) is 3.42. The highest BCUT2D eigenvalue weighted by atomic mass is 127. The molecule has 96 valence electrons. The lowest BCUT2D eigenvalue weighted by atomic mass is 10.3. The number of rotatable bonds is 6. The lowest BCUT2D eigenvalue weighted by molar-refractivity contribution is 0.247. The van der Waals surface area contributed by atoms with Gasteiger partial charge in [0.2, 0.25) is 0 Å². The lowest BCUT2D eigenvalue weighted by Crippen LogP contribution is -2.05. The predicted molar refractivity (Wildman–Crippen MR) is 81.9 cm³/mol. The molecule has 0 spiro atoms. The standard InChI is InChI=1S/C12H11ClINO2S/c13-10-3-2-9(14)8-11(10)16-5-1-6-17-12-15-4-7-18-12/h2-4,7-8H,1,5-6H2. The molecule has 1 aromatic carbocycles. The van der Waals surface area contributed by atoms with Crippen LogP contribution in [0.1, 0.15) is 6.42 Å². The number of aromatic nitrogens is 1. The fraction of sp³-hybridized carbons (Fsp3) is 0.250. The molecule has 6 heteroatoms. The van der Waals surface area contributed by atoms with E-state index >= 15 is 0 Å². The number of nitrogens with zero attached hydrogens (tertiary/aromatic N) is 1. The third kappa shape index (κ3) is 4.29. The van der Waals surface area contributed by atoms with Gasteiger partial charge < -0.3 is 9.47 Å². The average molecular weight is 396 g/mol. The van der Waals surface area contributed by atoms with Gasteiger partial charge in [-0.25, -0.2) is 4.98 Å². The van der Waals surface area contributed by atoms with Gasteiger partial charge in [0.05, 0.1) is 18.2 Å². The molecule has 0 aliphatic rings. The Morgan fingerprint density at radius 3 is 2.89 bits per heavy atom. The first-order chi connectivity index (χ1) is 8.75. The maximum Gasteiger partial charge on any atom is 0.273 e. The van der Waals surface area contributed by atoms with Gasteiger partial charge in [-0.3, -0.25) is 0 Å². The largest absolute Gasteiger partial charge is 0.492 e. The zero-order chi connectivity index (χ0) is 12.8. The molecule has 0 aliphatic carbocycles. The third-order valence-electron chi connectivity index (χ3n) is 2.07. The molecule has 2 rings (SSSR count). The Morgan fingerprint density at radius 2 is 2.11 bits per heavy atom. The van der Waals surface area contributed by atoms with Crippen LogP contribution in [0.15, 0.2) is 29.8 Å². The van der Waals surface area contributed by atoms with E-state index in [0.29, 0.717) is 23.4 Å². The zero-order valence-electron chi connectivity index (χ0n) is 9.44. The Kier molecular flexibility index (Phi) is 5.52. The highest BCUT2D eigenvalue weighted by Gasteiger charge is 2.02. The SMILES string of the molecule is Clc1ccc(I)cc1OCCCOc1nccs1. The monoisotopic (exact) mass is 395 g/mol. The van der Waals surface area contributed by atoms with Crippen molar-refractivity contribution in [2.75, 3.05) is 13.2 Å². The second kappa shape index (κ2) is 7.16. The van der Waals surface area contributed by atoms with E-state index in [1.54, 1.807) is 6.20 Å². The highest BCUT2D eigenvalue weighted by Crippen LogP contribution is 2.26. The van der Waals surface area contributed by atoms with E-state index in [1.807, 2.05) is 23.6 Å². The van der Waals surface area contributed by atoms with Gasteiger partial charge in [0, 0.05) is 21.6 Å². The Bertz CT molecular complexity index is 493. The van der Waals surface area contributed by atoms with E-state index < -0.39 is 0 Å². The number of thiazole rings is 1. The molecule has 0 aliphatic heterocycles. The van der Waals surface area contributed by atoms with Gasteiger partial charge in [-0.1, -0.05) is 22.9 Å². The van der Waals surface area contributed by atoms with Crippen molar-refractivity contribution in [3.63, 3.8) is 0 Å². The Balaban J connectivity index is 1.70. The minimum atomic E-state index is 0.575. The fourth-order valence-electron chi connectivity index (χ4n) is 1.27. The summed E-state index contributed by atoms with van der Waals surface area (Å²) in [5.74, 6) is 0.720. The first-order valence-corrected chi connectivity index (χ1v) is 7.69. The van der Waals surface area contributed by atoms with E-state index in [4.69, 9.17) is 21.1 Å². The topological polar surface area (TPSA) is 31.4 Å². The number of hydrogen-bond donors (Lipinski definition) is 0. The van der Waals surface area contributed by atoms with Crippen LogP contribution in [0.25, 0.3) is 0 Å². The maximum absolute atomic E-state index is 6.02. The van der Waals surface area contributed by atoms with Gasteiger partial charge in [-0.2, -0.15) is 0 Å². The van der Waals surface area contributed by atoms with Gasteiger partial charge in [-0.15, -0.1) is 0 Å². The van der Waals surface area contributed by atoms with E-state index in [-0.39, 0.29) is 0 Å². The molecule has 1 aromatic heterocycles. The number of ether oxygens (including phenoxy) is 2. The van der Waals surface area contributed by atoms with Crippen molar-refractivity contribution in [1.82, 2.24) is 4.98 Å². The molecule has 0 fully saturated rings. The summed E-state index contributed by atoms with van der Waals surface area (Å²) in [5, 5.41) is 3.22. The quantitative estimate of drug-likeness (QED) is 0.541. The van der Waals surface area contributed by atoms with Crippen molar-refractivity contribution < 1.29 is 9.47 Å². The zero-order valence-corrected chi connectivity index (χ0v) is 13.2. The van der Waals surface area contributed by atoms with Gasteiger partial charge >= 0.3 is 0 Å². The van der Waals surface area contributed by atoms with Gasteiger partial charge in [-0.05, 0) is 40.8 Å². The predicted octanol–water partition coefficient (Wildman–Crippen LogP) is 4.25. The Morgan fingerprint density at radius 1 is 1.28 bits per heavy atom. The van der Waals surface area contributed by atoms with Crippen molar-refractivity contribution >= 4 is 45.5 Å². The van der Waals surface area contributed by atoms with Crippen LogP contribution >= 0.6 is 45.5 Å². The number of benzene rings is 1. The van der Waals surface area contributed by atoms with Gasteiger partial charge in [0.15, 0.2) is 0 Å². The summed E-state index contributed by atoms with van der Waals surface area (Å²) in [4.78, 5) is 4.03. The molecule has 0 unspecified atom stereocenters. The van der Waals surface area contributed by atoms with E-state index in [0.717, 1.165) is 15.7 Å². The molecule has 18 heavy (non-hydrogen) atoms. The fourth-order valence-corrected chi connectivity index (χ4v) is 2.42. The lowest BCUT2D eigenvalue weighted by Gasteiger charge is -2.08. The van der Waals surface area contributed by atoms with Crippen LogP contribution < -0.4 is 9.47 Å². The molecule has 0 radical (unpaired) electrons. The van der Waals surface area contributed by atoms with Gasteiger partial charge in [0.1, 0.15) is 5.75 Å². The number of halogens is 2. The molecular formula is C12H11ClINO2S. The maximum atomic E-state index is 6.02. The van der Waals surface area contributed by atoms with Crippen LogP contribution in [0.5, 0.6) is 10.9 Å². The van der Waals surface area contributed by atoms with Crippen molar-refractivity contribution in [2.24, 2.45) is 0 Å². The number of hydrogen-bond acceptors (Lipinski definition) is 4. The molecule has 0 atom stereocenters. The Hall–Kier alpha value is -0.530. The minimum Gasteiger partial charge on any atom is -0.492 e. The van der Waals surface area contributed by atoms with E-state index in [1.165, 1.54) is 11.3 Å². The first-order valence-electron chi connectivity index (χ1n) is 5.36. The van der Waals surface area contributed by atoms with Gasteiger partial charge in [0.25, 0.3) is 5.19 Å². The summed E-state index contributed by atoms with van der Waals surface area (Å²) in [6, 6.07) is 5.70.